The first-order valence-corrected chi connectivity index (χ1v) is 12.7. The highest BCUT2D eigenvalue weighted by atomic mass is 16.5. The van der Waals surface area contributed by atoms with Crippen LogP contribution in [0.4, 0.5) is 17.3 Å². The van der Waals surface area contributed by atoms with Gasteiger partial charge in [-0.15, -0.1) is 5.10 Å². The number of H-pyrrole nitrogens is 1. The number of hydrogen-bond donors (Lipinski definition) is 4. The second-order valence-electron chi connectivity index (χ2n) is 9.58. The number of nitrogens with one attached hydrogen (secondary N) is 4. The van der Waals surface area contributed by atoms with Crippen LogP contribution in [0.1, 0.15) is 19.3 Å². The van der Waals surface area contributed by atoms with Crippen LogP contribution in [0, 0.1) is 0 Å². The van der Waals surface area contributed by atoms with Crippen molar-refractivity contribution >= 4 is 34.1 Å². The van der Waals surface area contributed by atoms with Gasteiger partial charge in [-0.1, -0.05) is 12.1 Å². The molecular formula is C26H31N9O2. The average molecular weight is 502 g/mol. The lowest BCUT2D eigenvalue weighted by Crippen LogP contribution is -2.46. The zero-order valence-corrected chi connectivity index (χ0v) is 21.0. The lowest BCUT2D eigenvalue weighted by Gasteiger charge is -2.29. The largest absolute Gasteiger partial charge is 0.478 e. The molecule has 2 aliphatic heterocycles. The number of amides is 1. The minimum absolute atomic E-state index is 0.0620. The fraction of sp³-hybridized carbons (Fsp3) is 0.385. The average Bonchev–Trinajstić information content (AvgIpc) is 3.70. The first kappa shape index (κ1) is 23.4. The van der Waals surface area contributed by atoms with Crippen LogP contribution in [0.3, 0.4) is 0 Å². The van der Waals surface area contributed by atoms with Gasteiger partial charge in [-0.25, -0.2) is 9.97 Å². The van der Waals surface area contributed by atoms with Crippen LogP contribution < -0.4 is 20.7 Å². The topological polar surface area (TPSA) is 125 Å². The van der Waals surface area contributed by atoms with Gasteiger partial charge in [0.15, 0.2) is 0 Å². The Bertz CT molecular complexity index is 1420. The quantitative estimate of drug-likeness (QED) is 0.305. The molecule has 2 aliphatic rings. The Balaban J connectivity index is 1.24. The van der Waals surface area contributed by atoms with E-state index in [1.807, 2.05) is 43.7 Å². The molecule has 0 bridgehead atoms. The van der Waals surface area contributed by atoms with Crippen LogP contribution in [0.25, 0.3) is 22.2 Å². The van der Waals surface area contributed by atoms with Crippen LogP contribution >= 0.6 is 0 Å². The van der Waals surface area contributed by atoms with Gasteiger partial charge in [-0.3, -0.25) is 14.4 Å². The zero-order valence-electron chi connectivity index (χ0n) is 21.0. The summed E-state index contributed by atoms with van der Waals surface area (Å²) in [7, 11) is 3.40. The summed E-state index contributed by atoms with van der Waals surface area (Å²) in [5.74, 6) is 0.964. The first-order valence-electron chi connectivity index (χ1n) is 12.7. The van der Waals surface area contributed by atoms with Gasteiger partial charge < -0.3 is 25.7 Å². The molecule has 2 unspecified atom stereocenters. The maximum Gasteiger partial charge on any atom is 0.256 e. The Kier molecular flexibility index (Phi) is 6.23. The van der Waals surface area contributed by atoms with Crippen molar-refractivity contribution in [2.45, 2.75) is 31.3 Å². The van der Waals surface area contributed by atoms with Crippen molar-refractivity contribution in [3.8, 4) is 17.1 Å². The normalized spacial score (nSPS) is 19.9. The lowest BCUT2D eigenvalue weighted by atomic mass is 10.1. The molecule has 3 aromatic heterocycles. The number of carbonyl (C=O) groups is 1. The lowest BCUT2D eigenvalue weighted by molar-refractivity contribution is -0.120. The number of hydrogen-bond acceptors (Lipinski definition) is 8. The molecule has 11 heteroatoms. The van der Waals surface area contributed by atoms with Gasteiger partial charge in [-0.05, 0) is 44.5 Å². The van der Waals surface area contributed by atoms with Gasteiger partial charge >= 0.3 is 0 Å². The van der Waals surface area contributed by atoms with E-state index in [2.05, 4.69) is 35.9 Å². The van der Waals surface area contributed by atoms with Gasteiger partial charge in [0, 0.05) is 43.0 Å². The number of anilines is 3. The van der Waals surface area contributed by atoms with Crippen LogP contribution in [-0.4, -0.2) is 74.4 Å². The third kappa shape index (κ3) is 4.51. The number of aryl methyl sites for hydroxylation is 1. The van der Waals surface area contributed by atoms with Crippen molar-refractivity contribution in [1.82, 2.24) is 34.9 Å². The number of ether oxygens (including phenoxy) is 1. The summed E-state index contributed by atoms with van der Waals surface area (Å²) in [6.45, 7) is 2.97. The smallest absolute Gasteiger partial charge is 0.256 e. The molecule has 6 rings (SSSR count). The zero-order chi connectivity index (χ0) is 25.4. The molecule has 4 aromatic rings. The maximum atomic E-state index is 13.3. The Morgan fingerprint density at radius 1 is 1.22 bits per heavy atom. The van der Waals surface area contributed by atoms with E-state index in [1.54, 1.807) is 18.0 Å². The molecule has 1 aromatic carbocycles. The predicted octanol–water partition coefficient (Wildman–Crippen LogP) is 2.88. The highest BCUT2D eigenvalue weighted by molar-refractivity contribution is 6.06. The molecule has 5 heterocycles. The monoisotopic (exact) mass is 501 g/mol. The third-order valence-corrected chi connectivity index (χ3v) is 7.24. The van der Waals surface area contributed by atoms with E-state index in [-0.39, 0.29) is 11.9 Å². The van der Waals surface area contributed by atoms with Gasteiger partial charge in [-0.2, -0.15) is 0 Å². The molecule has 0 radical (unpaired) electrons. The van der Waals surface area contributed by atoms with Crippen LogP contribution in [-0.2, 0) is 11.8 Å². The second kappa shape index (κ2) is 9.83. The summed E-state index contributed by atoms with van der Waals surface area (Å²) in [6.07, 6.45) is 8.49. The molecule has 1 amide bonds. The van der Waals surface area contributed by atoms with Crippen molar-refractivity contribution in [1.29, 1.82) is 0 Å². The molecule has 0 aliphatic carbocycles. The molecule has 0 saturated carbocycles. The highest BCUT2D eigenvalue weighted by Gasteiger charge is 2.36. The highest BCUT2D eigenvalue weighted by Crippen LogP contribution is 2.33. The van der Waals surface area contributed by atoms with E-state index in [0.717, 1.165) is 66.7 Å². The second-order valence-corrected chi connectivity index (χ2v) is 9.58. The van der Waals surface area contributed by atoms with E-state index in [0.29, 0.717) is 23.6 Å². The molecule has 0 spiro atoms. The molecular weight excluding hydrogens is 470 g/mol. The molecule has 11 nitrogen and oxygen atoms in total. The summed E-state index contributed by atoms with van der Waals surface area (Å²) in [5.41, 5.74) is 4.01. The van der Waals surface area contributed by atoms with E-state index in [9.17, 15) is 4.79 Å². The number of nitrogens with zero attached hydrogens (tertiary/aromatic N) is 5. The van der Waals surface area contributed by atoms with Gasteiger partial charge in [0.1, 0.15) is 5.69 Å². The van der Waals surface area contributed by atoms with E-state index < -0.39 is 0 Å². The van der Waals surface area contributed by atoms with E-state index >= 15 is 0 Å². The summed E-state index contributed by atoms with van der Waals surface area (Å²) < 4.78 is 6.98. The summed E-state index contributed by atoms with van der Waals surface area (Å²) in [5, 5.41) is 15.0. The molecule has 2 saturated heterocycles. The van der Waals surface area contributed by atoms with Crippen LogP contribution in [0.5, 0.6) is 5.88 Å². The van der Waals surface area contributed by atoms with Gasteiger partial charge in [0.05, 0.1) is 36.2 Å². The number of aromatic nitrogens is 5. The first-order chi connectivity index (χ1) is 18.1. The summed E-state index contributed by atoms with van der Waals surface area (Å²) in [4.78, 5) is 28.2. The van der Waals surface area contributed by atoms with Gasteiger partial charge in [0.25, 0.3) is 5.88 Å². The Hall–Kier alpha value is -3.96. The molecule has 192 valence electrons. The number of aromatic amines is 1. The Labute approximate surface area is 214 Å². The Morgan fingerprint density at radius 2 is 2.14 bits per heavy atom. The molecule has 2 atom stereocenters. The van der Waals surface area contributed by atoms with Crippen LogP contribution in [0.15, 0.2) is 42.9 Å². The number of para-hydroxylation sites is 1. The van der Waals surface area contributed by atoms with Crippen molar-refractivity contribution in [2.75, 3.05) is 37.4 Å². The van der Waals surface area contributed by atoms with Crippen molar-refractivity contribution < 1.29 is 9.53 Å². The molecule has 37 heavy (non-hydrogen) atoms. The fourth-order valence-corrected chi connectivity index (χ4v) is 5.51. The Morgan fingerprint density at radius 3 is 2.97 bits per heavy atom. The minimum Gasteiger partial charge on any atom is -0.478 e. The van der Waals surface area contributed by atoms with Crippen molar-refractivity contribution in [3.63, 3.8) is 0 Å². The molecule has 2 fully saturated rings. The number of benzene rings is 1. The number of fused-ring (bicyclic) bond motifs is 1. The predicted molar refractivity (Wildman–Crippen MR) is 142 cm³/mol. The number of rotatable bonds is 7. The van der Waals surface area contributed by atoms with Crippen molar-refractivity contribution in [2.24, 2.45) is 7.05 Å². The maximum absolute atomic E-state index is 13.3. The van der Waals surface area contributed by atoms with Gasteiger partial charge in [0.2, 0.25) is 11.9 Å². The number of likely N-dealkylation sites (tertiary alicyclic amines) is 1. The van der Waals surface area contributed by atoms with E-state index in [1.165, 1.54) is 0 Å². The number of carbonyl (C=O) groups excluding carboxylic acids is 1. The third-order valence-electron chi connectivity index (χ3n) is 7.24. The minimum atomic E-state index is -0.0884. The fourth-order valence-electron chi connectivity index (χ4n) is 5.51. The SMILES string of the molecule is COc1nn(C)cc1Nc1nccc(-c2c[nH]c3c(NC(=O)C4CCCN4C4CCNC4)cccc23)n1. The molecule has 4 N–H and O–H groups in total. The van der Waals surface area contributed by atoms with Crippen molar-refractivity contribution in [3.05, 3.63) is 42.9 Å². The number of methoxy groups -OCH3 is 1. The summed E-state index contributed by atoms with van der Waals surface area (Å²) in [6, 6.07) is 8.16. The summed E-state index contributed by atoms with van der Waals surface area (Å²) >= 11 is 0. The standard InChI is InChI=1S/C26H31N9O2/c1-34-15-21(25(33-34)37-2)32-26-28-11-9-19(31-26)18-14-29-23-17(18)5-3-6-20(23)30-24(36)22-7-4-12-35(22)16-8-10-27-13-16/h3,5-6,9,11,14-16,22,27,29H,4,7-8,10,12-13H2,1-2H3,(H,30,36)(H,28,31,32). The van der Waals surface area contributed by atoms with Crippen LogP contribution in [0.2, 0.25) is 0 Å². The van der Waals surface area contributed by atoms with E-state index in [4.69, 9.17) is 9.72 Å².